The number of nitrogens with one attached hydrogen (secondary N) is 2. The minimum absolute atomic E-state index is 0.203. The van der Waals surface area contributed by atoms with Gasteiger partial charge in [0.05, 0.1) is 17.4 Å². The van der Waals surface area contributed by atoms with Crippen molar-refractivity contribution in [3.05, 3.63) is 24.1 Å². The summed E-state index contributed by atoms with van der Waals surface area (Å²) in [5.74, 6) is -0.203. The molecule has 1 fully saturated rings. The zero-order valence-corrected chi connectivity index (χ0v) is 10.7. The molecule has 3 N–H and O–H groups in total. The minimum atomic E-state index is -0.736. The van der Waals surface area contributed by atoms with Crippen LogP contribution in [0.3, 0.4) is 0 Å². The van der Waals surface area contributed by atoms with E-state index in [9.17, 15) is 9.90 Å². The van der Waals surface area contributed by atoms with Crippen molar-refractivity contribution in [2.45, 2.75) is 37.7 Å². The number of H-pyrrole nitrogens is 1. The second kappa shape index (κ2) is 4.74. The number of carbonyl (C=O) groups is 1. The first-order valence-electron chi connectivity index (χ1n) is 6.73. The molecular formula is C14H18N2O3. The molecule has 2 heterocycles. The number of aromatic amines is 1. The summed E-state index contributed by atoms with van der Waals surface area (Å²) in [5.41, 5.74) is 1.21. The fraction of sp³-hybridized carbons (Fsp3) is 0.500. The third kappa shape index (κ3) is 2.51. The van der Waals surface area contributed by atoms with Crippen LogP contribution < -0.4 is 5.32 Å². The van der Waals surface area contributed by atoms with Gasteiger partial charge >= 0.3 is 0 Å². The number of rotatable bonds is 3. The Balaban J connectivity index is 1.63. The Labute approximate surface area is 111 Å². The van der Waals surface area contributed by atoms with Crippen LogP contribution in [0.4, 0.5) is 0 Å². The number of amides is 1. The second-order valence-corrected chi connectivity index (χ2v) is 5.35. The molecule has 1 aliphatic carbocycles. The topological polar surface area (TPSA) is 78.3 Å². The molecule has 1 aliphatic rings. The molecule has 0 bridgehead atoms. The quantitative estimate of drug-likeness (QED) is 0.793. The van der Waals surface area contributed by atoms with Crippen molar-refractivity contribution in [3.63, 3.8) is 0 Å². The first-order chi connectivity index (χ1) is 9.16. The Morgan fingerprint density at radius 3 is 2.95 bits per heavy atom. The van der Waals surface area contributed by atoms with E-state index >= 15 is 0 Å². The average Bonchev–Trinajstić information content (AvgIpc) is 2.97. The largest absolute Gasteiger partial charge is 0.463 e. The Bertz CT molecular complexity index is 550. The SMILES string of the molecule is O=C(NCC1(O)CCCCC1)c1cc2occc2[nH]1. The summed E-state index contributed by atoms with van der Waals surface area (Å²) in [5, 5.41) is 13.1. The predicted octanol–water partition coefficient (Wildman–Crippen LogP) is 2.19. The highest BCUT2D eigenvalue weighted by Crippen LogP contribution is 2.27. The number of hydrogen-bond acceptors (Lipinski definition) is 3. The van der Waals surface area contributed by atoms with E-state index in [-0.39, 0.29) is 5.91 Å². The van der Waals surface area contributed by atoms with Crippen molar-refractivity contribution >= 4 is 17.0 Å². The smallest absolute Gasteiger partial charge is 0.267 e. The van der Waals surface area contributed by atoms with Gasteiger partial charge in [0, 0.05) is 18.7 Å². The molecular weight excluding hydrogens is 244 g/mol. The van der Waals surface area contributed by atoms with Gasteiger partial charge in [-0.15, -0.1) is 0 Å². The minimum Gasteiger partial charge on any atom is -0.463 e. The van der Waals surface area contributed by atoms with Crippen molar-refractivity contribution < 1.29 is 14.3 Å². The highest BCUT2D eigenvalue weighted by molar-refractivity contribution is 5.96. The van der Waals surface area contributed by atoms with Crippen molar-refractivity contribution in [1.82, 2.24) is 10.3 Å². The monoisotopic (exact) mass is 262 g/mol. The van der Waals surface area contributed by atoms with Crippen LogP contribution in [0.2, 0.25) is 0 Å². The van der Waals surface area contributed by atoms with Crippen LogP contribution in [0, 0.1) is 0 Å². The fourth-order valence-corrected chi connectivity index (χ4v) is 2.70. The number of aliphatic hydroxyl groups is 1. The first-order valence-corrected chi connectivity index (χ1v) is 6.73. The molecule has 0 radical (unpaired) electrons. The average molecular weight is 262 g/mol. The van der Waals surface area contributed by atoms with Gasteiger partial charge in [0.15, 0.2) is 5.58 Å². The summed E-state index contributed by atoms with van der Waals surface area (Å²) in [6.07, 6.45) is 6.33. The predicted molar refractivity (Wildman–Crippen MR) is 70.9 cm³/mol. The lowest BCUT2D eigenvalue weighted by Crippen LogP contribution is -2.44. The zero-order chi connectivity index (χ0) is 13.3. The molecule has 0 unspecified atom stereocenters. The molecule has 0 atom stereocenters. The van der Waals surface area contributed by atoms with Crippen LogP contribution in [-0.2, 0) is 0 Å². The summed E-state index contributed by atoms with van der Waals surface area (Å²) in [6, 6.07) is 3.45. The summed E-state index contributed by atoms with van der Waals surface area (Å²) in [4.78, 5) is 15.0. The number of hydrogen-bond donors (Lipinski definition) is 3. The van der Waals surface area contributed by atoms with Crippen molar-refractivity contribution in [2.24, 2.45) is 0 Å². The number of fused-ring (bicyclic) bond motifs is 1. The zero-order valence-electron chi connectivity index (χ0n) is 10.7. The van der Waals surface area contributed by atoms with Crippen LogP contribution >= 0.6 is 0 Å². The highest BCUT2D eigenvalue weighted by atomic mass is 16.3. The number of aromatic nitrogens is 1. The van der Waals surface area contributed by atoms with Gasteiger partial charge in [0.1, 0.15) is 5.69 Å². The molecule has 0 saturated heterocycles. The molecule has 2 aromatic heterocycles. The Morgan fingerprint density at radius 1 is 1.42 bits per heavy atom. The van der Waals surface area contributed by atoms with Gasteiger partial charge in [-0.25, -0.2) is 0 Å². The molecule has 0 aliphatic heterocycles. The van der Waals surface area contributed by atoms with Gasteiger partial charge < -0.3 is 19.8 Å². The Kier molecular flexibility index (Phi) is 3.06. The van der Waals surface area contributed by atoms with Gasteiger partial charge in [-0.1, -0.05) is 19.3 Å². The van der Waals surface area contributed by atoms with Gasteiger partial charge in [-0.2, -0.15) is 0 Å². The van der Waals surface area contributed by atoms with E-state index in [2.05, 4.69) is 10.3 Å². The number of carbonyl (C=O) groups excluding carboxylic acids is 1. The molecule has 1 saturated carbocycles. The lowest BCUT2D eigenvalue weighted by molar-refractivity contribution is 0.00522. The normalized spacial score (nSPS) is 18.6. The van der Waals surface area contributed by atoms with E-state index in [1.54, 1.807) is 18.4 Å². The third-order valence-corrected chi connectivity index (χ3v) is 3.85. The molecule has 5 heteroatoms. The molecule has 1 amide bonds. The fourth-order valence-electron chi connectivity index (χ4n) is 2.70. The van der Waals surface area contributed by atoms with Gasteiger partial charge in [0.2, 0.25) is 0 Å². The summed E-state index contributed by atoms with van der Waals surface area (Å²) >= 11 is 0. The van der Waals surface area contributed by atoms with E-state index in [0.29, 0.717) is 17.8 Å². The Morgan fingerprint density at radius 2 is 2.21 bits per heavy atom. The van der Waals surface area contributed by atoms with Crippen molar-refractivity contribution in [3.8, 4) is 0 Å². The first kappa shape index (κ1) is 12.3. The van der Waals surface area contributed by atoms with E-state index in [0.717, 1.165) is 31.2 Å². The van der Waals surface area contributed by atoms with E-state index < -0.39 is 5.60 Å². The van der Waals surface area contributed by atoms with Crippen LogP contribution in [-0.4, -0.2) is 28.1 Å². The second-order valence-electron chi connectivity index (χ2n) is 5.35. The lowest BCUT2D eigenvalue weighted by atomic mass is 9.85. The summed E-state index contributed by atoms with van der Waals surface area (Å²) in [6.45, 7) is 0.312. The summed E-state index contributed by atoms with van der Waals surface area (Å²) in [7, 11) is 0. The van der Waals surface area contributed by atoms with Gasteiger partial charge in [-0.05, 0) is 12.8 Å². The molecule has 2 aromatic rings. The maximum atomic E-state index is 12.0. The van der Waals surface area contributed by atoms with Crippen molar-refractivity contribution in [2.75, 3.05) is 6.54 Å². The maximum absolute atomic E-state index is 12.0. The number of furan rings is 1. The van der Waals surface area contributed by atoms with Crippen LogP contribution in [0.15, 0.2) is 22.8 Å². The van der Waals surface area contributed by atoms with E-state index in [1.165, 1.54) is 6.42 Å². The van der Waals surface area contributed by atoms with Crippen molar-refractivity contribution in [1.29, 1.82) is 0 Å². The van der Waals surface area contributed by atoms with Gasteiger partial charge in [-0.3, -0.25) is 4.79 Å². The van der Waals surface area contributed by atoms with E-state index in [1.807, 2.05) is 0 Å². The molecule has 0 spiro atoms. The third-order valence-electron chi connectivity index (χ3n) is 3.85. The van der Waals surface area contributed by atoms with Crippen LogP contribution in [0.1, 0.15) is 42.6 Å². The maximum Gasteiger partial charge on any atom is 0.267 e. The lowest BCUT2D eigenvalue weighted by Gasteiger charge is -2.32. The standard InChI is InChI=1S/C14H18N2O3/c17-13(11-8-12-10(16-11)4-7-19-12)15-9-14(18)5-2-1-3-6-14/h4,7-8,16,18H,1-3,5-6,9H2,(H,15,17). The highest BCUT2D eigenvalue weighted by Gasteiger charge is 2.29. The van der Waals surface area contributed by atoms with Gasteiger partial charge in [0.25, 0.3) is 5.91 Å². The molecule has 5 nitrogen and oxygen atoms in total. The molecule has 102 valence electrons. The van der Waals surface area contributed by atoms with E-state index in [4.69, 9.17) is 4.42 Å². The molecule has 0 aromatic carbocycles. The molecule has 3 rings (SSSR count). The summed E-state index contributed by atoms with van der Waals surface area (Å²) < 4.78 is 5.20. The Hall–Kier alpha value is -1.75. The van der Waals surface area contributed by atoms with Crippen LogP contribution in [0.5, 0.6) is 0 Å². The van der Waals surface area contributed by atoms with Crippen LogP contribution in [0.25, 0.3) is 11.1 Å². The molecule has 19 heavy (non-hydrogen) atoms.